The van der Waals surface area contributed by atoms with E-state index in [1.807, 2.05) is 19.1 Å². The molecule has 8 heteroatoms. The number of rotatable bonds is 8. The van der Waals surface area contributed by atoms with Crippen molar-refractivity contribution in [3.05, 3.63) is 28.8 Å². The van der Waals surface area contributed by atoms with Crippen molar-refractivity contribution < 1.29 is 23.1 Å². The second-order valence-electron chi connectivity index (χ2n) is 7.48. The van der Waals surface area contributed by atoms with Crippen molar-refractivity contribution >= 4 is 21.9 Å². The largest absolute Gasteiger partial charge is 0.481 e. The molecule has 1 fully saturated rings. The molecule has 0 unspecified atom stereocenters. The van der Waals surface area contributed by atoms with Crippen LogP contribution >= 0.6 is 0 Å². The zero-order valence-corrected chi connectivity index (χ0v) is 16.9. The number of amides is 1. The van der Waals surface area contributed by atoms with Gasteiger partial charge in [-0.25, -0.2) is 13.1 Å². The number of carbonyl (C=O) groups excluding carboxylic acids is 1. The fourth-order valence-electron chi connectivity index (χ4n) is 4.01. The SMILES string of the molecule is Cc1cc(C)c(S(=O)(=O)NCCC(=O)NC2(CC(=O)O)CCCC2)c(C)c1. The number of aliphatic carboxylic acids is 1. The molecule has 1 saturated carbocycles. The van der Waals surface area contributed by atoms with Gasteiger partial charge in [0.05, 0.1) is 16.9 Å². The first-order valence-corrected chi connectivity index (χ1v) is 10.6. The van der Waals surface area contributed by atoms with Gasteiger partial charge >= 0.3 is 5.97 Å². The van der Waals surface area contributed by atoms with Crippen molar-refractivity contribution in [3.63, 3.8) is 0 Å². The van der Waals surface area contributed by atoms with Gasteiger partial charge in [0.25, 0.3) is 0 Å². The van der Waals surface area contributed by atoms with Crippen molar-refractivity contribution in [1.82, 2.24) is 10.0 Å². The number of carbonyl (C=O) groups is 2. The number of aryl methyl sites for hydroxylation is 3. The molecule has 7 nitrogen and oxygen atoms in total. The molecule has 0 heterocycles. The summed E-state index contributed by atoms with van der Waals surface area (Å²) >= 11 is 0. The van der Waals surface area contributed by atoms with E-state index in [0.29, 0.717) is 24.0 Å². The predicted octanol–water partition coefficient (Wildman–Crippen LogP) is 2.18. The third-order valence-electron chi connectivity index (χ3n) is 4.97. The molecule has 2 rings (SSSR count). The van der Waals surface area contributed by atoms with Crippen molar-refractivity contribution in [2.75, 3.05) is 6.54 Å². The van der Waals surface area contributed by atoms with E-state index in [9.17, 15) is 18.0 Å². The third kappa shape index (κ3) is 5.52. The fraction of sp³-hybridized carbons (Fsp3) is 0.579. The lowest BCUT2D eigenvalue weighted by atomic mass is 9.93. The van der Waals surface area contributed by atoms with Gasteiger partial charge < -0.3 is 10.4 Å². The molecule has 1 aliphatic rings. The predicted molar refractivity (Wildman–Crippen MR) is 102 cm³/mol. The number of hydrogen-bond acceptors (Lipinski definition) is 4. The van der Waals surface area contributed by atoms with Crippen LogP contribution < -0.4 is 10.0 Å². The van der Waals surface area contributed by atoms with Gasteiger partial charge in [0, 0.05) is 13.0 Å². The number of carboxylic acids is 1. The number of sulfonamides is 1. The Morgan fingerprint density at radius 2 is 1.67 bits per heavy atom. The van der Waals surface area contributed by atoms with Crippen LogP contribution in [0.15, 0.2) is 17.0 Å². The first-order chi connectivity index (χ1) is 12.5. The topological polar surface area (TPSA) is 113 Å². The Bertz CT molecular complexity index is 803. The Kier molecular flexibility index (Phi) is 6.64. The van der Waals surface area contributed by atoms with E-state index >= 15 is 0 Å². The average Bonchev–Trinajstić information content (AvgIpc) is 2.92. The van der Waals surface area contributed by atoms with Crippen LogP contribution in [0.4, 0.5) is 0 Å². The maximum absolute atomic E-state index is 12.6. The van der Waals surface area contributed by atoms with Crippen LogP contribution in [-0.2, 0) is 19.6 Å². The van der Waals surface area contributed by atoms with Gasteiger partial charge in [-0.1, -0.05) is 30.5 Å². The summed E-state index contributed by atoms with van der Waals surface area (Å²) in [4.78, 5) is 23.6. The molecule has 27 heavy (non-hydrogen) atoms. The van der Waals surface area contributed by atoms with Crippen LogP contribution in [0, 0.1) is 20.8 Å². The highest BCUT2D eigenvalue weighted by atomic mass is 32.2. The van der Waals surface area contributed by atoms with E-state index in [0.717, 1.165) is 18.4 Å². The lowest BCUT2D eigenvalue weighted by molar-refractivity contribution is -0.139. The number of benzene rings is 1. The minimum absolute atomic E-state index is 0.0371. The molecule has 0 saturated heterocycles. The van der Waals surface area contributed by atoms with Gasteiger partial charge in [0.1, 0.15) is 0 Å². The van der Waals surface area contributed by atoms with Crippen molar-refractivity contribution in [2.45, 2.75) is 69.7 Å². The van der Waals surface area contributed by atoms with E-state index in [1.54, 1.807) is 13.8 Å². The second kappa shape index (κ2) is 8.39. The van der Waals surface area contributed by atoms with Gasteiger partial charge in [-0.2, -0.15) is 0 Å². The van der Waals surface area contributed by atoms with Crippen molar-refractivity contribution in [1.29, 1.82) is 0 Å². The first-order valence-electron chi connectivity index (χ1n) is 9.15. The summed E-state index contributed by atoms with van der Waals surface area (Å²) in [5.41, 5.74) is 1.61. The van der Waals surface area contributed by atoms with Crippen molar-refractivity contribution in [2.24, 2.45) is 0 Å². The minimum Gasteiger partial charge on any atom is -0.481 e. The molecule has 0 bridgehead atoms. The maximum Gasteiger partial charge on any atom is 0.305 e. The van der Waals surface area contributed by atoms with Gasteiger partial charge in [-0.15, -0.1) is 0 Å². The highest BCUT2D eigenvalue weighted by Crippen LogP contribution is 2.32. The Labute approximate surface area is 160 Å². The molecule has 0 radical (unpaired) electrons. The molecule has 0 aromatic heterocycles. The Balaban J connectivity index is 1.97. The molecular weight excluding hydrogens is 368 g/mol. The van der Waals surface area contributed by atoms with Gasteiger partial charge in [-0.3, -0.25) is 9.59 Å². The smallest absolute Gasteiger partial charge is 0.305 e. The second-order valence-corrected chi connectivity index (χ2v) is 9.19. The normalized spacial score (nSPS) is 16.3. The number of hydrogen-bond donors (Lipinski definition) is 3. The fourth-order valence-corrected chi connectivity index (χ4v) is 5.49. The lowest BCUT2D eigenvalue weighted by Gasteiger charge is -2.28. The van der Waals surface area contributed by atoms with Crippen molar-refractivity contribution in [3.8, 4) is 0 Å². The summed E-state index contributed by atoms with van der Waals surface area (Å²) in [6.45, 7) is 5.36. The maximum atomic E-state index is 12.6. The van der Waals surface area contributed by atoms with Gasteiger partial charge in [-0.05, 0) is 44.7 Å². The summed E-state index contributed by atoms with van der Waals surface area (Å²) in [5, 5.41) is 11.9. The van der Waals surface area contributed by atoms with Crippen LogP contribution in [0.25, 0.3) is 0 Å². The zero-order valence-electron chi connectivity index (χ0n) is 16.1. The van der Waals surface area contributed by atoms with E-state index in [4.69, 9.17) is 5.11 Å². The van der Waals surface area contributed by atoms with Gasteiger partial charge in [0.2, 0.25) is 15.9 Å². The lowest BCUT2D eigenvalue weighted by Crippen LogP contribution is -2.48. The molecule has 1 amide bonds. The molecule has 0 spiro atoms. The van der Waals surface area contributed by atoms with Crippen LogP contribution in [-0.4, -0.2) is 37.5 Å². The molecule has 1 aromatic carbocycles. The molecule has 1 aliphatic carbocycles. The molecule has 150 valence electrons. The highest BCUT2D eigenvalue weighted by Gasteiger charge is 2.37. The van der Waals surface area contributed by atoms with Crippen LogP contribution in [0.3, 0.4) is 0 Å². The van der Waals surface area contributed by atoms with E-state index in [2.05, 4.69) is 10.0 Å². The van der Waals surface area contributed by atoms with Crippen LogP contribution in [0.2, 0.25) is 0 Å². The number of carboxylic acid groups (broad SMARTS) is 1. The first kappa shape index (κ1) is 21.4. The summed E-state index contributed by atoms with van der Waals surface area (Å²) in [5.74, 6) is -1.28. The average molecular weight is 397 g/mol. The van der Waals surface area contributed by atoms with E-state index < -0.39 is 21.5 Å². The monoisotopic (exact) mass is 396 g/mol. The number of nitrogens with one attached hydrogen (secondary N) is 2. The summed E-state index contributed by atoms with van der Waals surface area (Å²) in [6.07, 6.45) is 2.89. The van der Waals surface area contributed by atoms with E-state index in [-0.39, 0.29) is 30.2 Å². The Hall–Kier alpha value is -1.93. The summed E-state index contributed by atoms with van der Waals surface area (Å²) in [6, 6.07) is 3.62. The Morgan fingerprint density at radius 1 is 1.11 bits per heavy atom. The van der Waals surface area contributed by atoms with Gasteiger partial charge in [0.15, 0.2) is 0 Å². The molecule has 3 N–H and O–H groups in total. The minimum atomic E-state index is -3.72. The van der Waals surface area contributed by atoms with Crippen LogP contribution in [0.1, 0.15) is 55.2 Å². The highest BCUT2D eigenvalue weighted by molar-refractivity contribution is 7.89. The quantitative estimate of drug-likeness (QED) is 0.623. The van der Waals surface area contributed by atoms with Crippen LogP contribution in [0.5, 0.6) is 0 Å². The molecule has 0 aliphatic heterocycles. The molecule has 1 aromatic rings. The van der Waals surface area contributed by atoms with E-state index in [1.165, 1.54) is 0 Å². The molecule has 0 atom stereocenters. The summed E-state index contributed by atoms with van der Waals surface area (Å²) in [7, 11) is -3.72. The molecular formula is C19H28N2O5S. The summed E-state index contributed by atoms with van der Waals surface area (Å²) < 4.78 is 27.7. The standard InChI is InChI=1S/C19H28N2O5S/c1-13-10-14(2)18(15(3)11-13)27(25,26)20-9-6-16(22)21-19(12-17(23)24)7-4-5-8-19/h10-11,20H,4-9,12H2,1-3H3,(H,21,22)(H,23,24). The third-order valence-corrected chi connectivity index (χ3v) is 6.74. The Morgan fingerprint density at radius 3 is 2.19 bits per heavy atom. The zero-order chi connectivity index (χ0) is 20.2.